The van der Waals surface area contributed by atoms with Gasteiger partial charge in [-0.3, -0.25) is 39.9 Å². The van der Waals surface area contributed by atoms with Crippen LogP contribution in [0.15, 0.2) is 72.8 Å². The number of rotatable bonds is 3. The fourth-order valence-corrected chi connectivity index (χ4v) is 1.94. The van der Waals surface area contributed by atoms with Gasteiger partial charge in [0.25, 0.3) is 17.1 Å². The second-order valence-electron chi connectivity index (χ2n) is 5.61. The number of ketones is 2. The third kappa shape index (κ3) is 8.43. The van der Waals surface area contributed by atoms with E-state index in [1.54, 1.807) is 25.1 Å². The summed E-state index contributed by atoms with van der Waals surface area (Å²) in [6.07, 6.45) is 5.01. The minimum atomic E-state index is -0.653. The molecule has 0 atom stereocenters. The van der Waals surface area contributed by atoms with Crippen LogP contribution in [0.5, 0.6) is 0 Å². The Bertz CT molecular complexity index is 959. The average molecular weight is 413 g/mol. The van der Waals surface area contributed by atoms with Crippen molar-refractivity contribution in [2.24, 2.45) is 0 Å². The minimum Gasteiger partial charge on any atom is -0.290 e. The second-order valence-corrected chi connectivity index (χ2v) is 5.61. The Balaban J connectivity index is 0.000000234. The fourth-order valence-electron chi connectivity index (χ4n) is 1.94. The number of para-hydroxylation sites is 1. The van der Waals surface area contributed by atoms with Crippen LogP contribution >= 0.6 is 0 Å². The molecular weight excluding hydrogens is 398 g/mol. The largest absolute Gasteiger partial charge is 0.290 e. The third-order valence-corrected chi connectivity index (χ3v) is 3.26. The molecule has 2 aromatic carbocycles. The van der Waals surface area contributed by atoms with Gasteiger partial charge in [-0.15, -0.1) is 0 Å². The van der Waals surface area contributed by atoms with Crippen LogP contribution in [0.1, 0.15) is 5.56 Å². The lowest BCUT2D eigenvalue weighted by Gasteiger charge is -1.94. The molecular formula is C19H15N3O8. The SMILES string of the molecule is Cc1cc([N+](=O)[O-])cc([N+](=O)[O-])c1.O=C1C=CC(=O)C=C1.O=[N+]([O-])c1ccccc1. The molecule has 1 aliphatic carbocycles. The molecule has 11 heteroatoms. The van der Waals surface area contributed by atoms with Crippen molar-refractivity contribution in [2.45, 2.75) is 6.92 Å². The summed E-state index contributed by atoms with van der Waals surface area (Å²) < 4.78 is 0. The summed E-state index contributed by atoms with van der Waals surface area (Å²) in [5.41, 5.74) is 0.122. The molecule has 0 aliphatic heterocycles. The van der Waals surface area contributed by atoms with Crippen molar-refractivity contribution in [1.82, 2.24) is 0 Å². The lowest BCUT2D eigenvalue weighted by atomic mass is 10.2. The van der Waals surface area contributed by atoms with E-state index in [1.165, 1.54) is 48.6 Å². The van der Waals surface area contributed by atoms with Crippen molar-refractivity contribution in [3.63, 3.8) is 0 Å². The van der Waals surface area contributed by atoms with E-state index < -0.39 is 14.8 Å². The monoisotopic (exact) mass is 413 g/mol. The van der Waals surface area contributed by atoms with Crippen molar-refractivity contribution < 1.29 is 24.4 Å². The minimum absolute atomic E-state index is 0.121. The highest BCUT2D eigenvalue weighted by molar-refractivity contribution is 6.14. The lowest BCUT2D eigenvalue weighted by Crippen LogP contribution is -1.97. The number of hydrogen-bond acceptors (Lipinski definition) is 8. The zero-order valence-electron chi connectivity index (χ0n) is 15.5. The van der Waals surface area contributed by atoms with Crippen LogP contribution in [0.25, 0.3) is 0 Å². The van der Waals surface area contributed by atoms with E-state index in [0.717, 1.165) is 6.07 Å². The normalized spacial score (nSPS) is 11.5. The number of nitro benzene ring substituents is 3. The van der Waals surface area contributed by atoms with Gasteiger partial charge in [0.2, 0.25) is 0 Å². The molecule has 0 bridgehead atoms. The van der Waals surface area contributed by atoms with Gasteiger partial charge in [-0.05, 0) is 36.8 Å². The molecule has 2 aromatic rings. The zero-order chi connectivity index (χ0) is 22.7. The van der Waals surface area contributed by atoms with E-state index in [0.29, 0.717) is 5.56 Å². The molecule has 0 aromatic heterocycles. The number of allylic oxidation sites excluding steroid dienone is 4. The Hall–Kier alpha value is -4.54. The van der Waals surface area contributed by atoms with Gasteiger partial charge in [-0.2, -0.15) is 0 Å². The lowest BCUT2D eigenvalue weighted by molar-refractivity contribution is -0.394. The van der Waals surface area contributed by atoms with Crippen LogP contribution < -0.4 is 0 Å². The summed E-state index contributed by atoms with van der Waals surface area (Å²) in [5.74, 6) is -0.241. The van der Waals surface area contributed by atoms with E-state index in [1.807, 2.05) is 0 Å². The summed E-state index contributed by atoms with van der Waals surface area (Å²) in [5, 5.41) is 30.6. The van der Waals surface area contributed by atoms with E-state index in [9.17, 15) is 39.9 Å². The first-order valence-electron chi connectivity index (χ1n) is 8.14. The van der Waals surface area contributed by atoms with Gasteiger partial charge >= 0.3 is 0 Å². The summed E-state index contributed by atoms with van der Waals surface area (Å²) in [4.78, 5) is 49.5. The third-order valence-electron chi connectivity index (χ3n) is 3.26. The van der Waals surface area contributed by atoms with E-state index in [-0.39, 0.29) is 28.6 Å². The standard InChI is InChI=1S/C7H6N2O4.C6H5NO2.C6H4O2/c1-5-2-6(8(10)11)4-7(3-5)9(12)13;8-7(9)6-4-2-1-3-5-6;7-5-1-2-6(8)4-3-5/h2-4H,1H3;1-5H;1-4H. The highest BCUT2D eigenvalue weighted by Gasteiger charge is 2.14. The first kappa shape index (κ1) is 23.5. The Morgan fingerprint density at radius 1 is 0.600 bits per heavy atom. The van der Waals surface area contributed by atoms with Gasteiger partial charge in [-0.1, -0.05) is 18.2 Å². The number of non-ortho nitro benzene ring substituents is 3. The maximum Gasteiger partial charge on any atom is 0.276 e. The van der Waals surface area contributed by atoms with Gasteiger partial charge in [0.05, 0.1) is 20.8 Å². The van der Waals surface area contributed by atoms with E-state index in [4.69, 9.17) is 0 Å². The Labute approximate surface area is 169 Å². The smallest absolute Gasteiger partial charge is 0.276 e. The number of hydrogen-bond donors (Lipinski definition) is 0. The van der Waals surface area contributed by atoms with Crippen LogP contribution in [0.2, 0.25) is 0 Å². The predicted octanol–water partition coefficient (Wildman–Crippen LogP) is 3.66. The van der Waals surface area contributed by atoms with Crippen molar-refractivity contribution in [1.29, 1.82) is 0 Å². The Kier molecular flexibility index (Phi) is 8.88. The molecule has 0 heterocycles. The topological polar surface area (TPSA) is 164 Å². The number of aryl methyl sites for hydroxylation is 1. The van der Waals surface area contributed by atoms with Crippen molar-refractivity contribution in [2.75, 3.05) is 0 Å². The first-order chi connectivity index (χ1) is 14.1. The molecule has 30 heavy (non-hydrogen) atoms. The number of benzene rings is 2. The summed E-state index contributed by atoms with van der Waals surface area (Å²) >= 11 is 0. The molecule has 11 nitrogen and oxygen atoms in total. The van der Waals surface area contributed by atoms with Crippen molar-refractivity contribution in [3.05, 3.63) is 109 Å². The van der Waals surface area contributed by atoms with Gasteiger partial charge in [0, 0.05) is 24.3 Å². The average Bonchev–Trinajstić information content (AvgIpc) is 2.71. The summed E-state index contributed by atoms with van der Waals surface area (Å²) in [7, 11) is 0. The quantitative estimate of drug-likeness (QED) is 0.418. The first-order valence-corrected chi connectivity index (χ1v) is 8.14. The molecule has 0 radical (unpaired) electrons. The number of carbonyl (C=O) groups excluding carboxylic acids is 2. The Morgan fingerprint density at radius 3 is 1.27 bits per heavy atom. The molecule has 0 saturated carbocycles. The van der Waals surface area contributed by atoms with Crippen LogP contribution in [0.4, 0.5) is 17.1 Å². The number of nitrogens with zero attached hydrogens (tertiary/aromatic N) is 3. The maximum atomic E-state index is 10.3. The molecule has 1 aliphatic rings. The highest BCUT2D eigenvalue weighted by atomic mass is 16.6. The molecule has 0 fully saturated rings. The second kappa shape index (κ2) is 11.3. The molecule has 0 saturated heterocycles. The molecule has 0 spiro atoms. The van der Waals surface area contributed by atoms with Gasteiger partial charge in [-0.25, -0.2) is 0 Å². The molecule has 0 N–H and O–H groups in total. The summed E-state index contributed by atoms with van der Waals surface area (Å²) in [6.45, 7) is 1.57. The van der Waals surface area contributed by atoms with E-state index >= 15 is 0 Å². The number of nitro groups is 3. The zero-order valence-corrected chi connectivity index (χ0v) is 15.5. The van der Waals surface area contributed by atoms with Crippen LogP contribution in [-0.4, -0.2) is 26.3 Å². The van der Waals surface area contributed by atoms with E-state index in [2.05, 4.69) is 0 Å². The maximum absolute atomic E-state index is 10.3. The van der Waals surface area contributed by atoms with Crippen molar-refractivity contribution >= 4 is 28.6 Å². The van der Waals surface area contributed by atoms with Gasteiger partial charge in [0.1, 0.15) is 0 Å². The van der Waals surface area contributed by atoms with Gasteiger partial charge in [0.15, 0.2) is 11.6 Å². The summed E-state index contributed by atoms with van der Waals surface area (Å²) in [6, 6.07) is 11.4. The highest BCUT2D eigenvalue weighted by Crippen LogP contribution is 2.21. The molecule has 0 unspecified atom stereocenters. The van der Waals surface area contributed by atoms with Crippen LogP contribution in [0.3, 0.4) is 0 Å². The van der Waals surface area contributed by atoms with Crippen LogP contribution in [-0.2, 0) is 9.59 Å². The number of carbonyl (C=O) groups is 2. The molecule has 154 valence electrons. The molecule has 3 rings (SSSR count). The predicted molar refractivity (Wildman–Crippen MR) is 106 cm³/mol. The molecule has 0 amide bonds. The van der Waals surface area contributed by atoms with Crippen LogP contribution in [0, 0.1) is 37.3 Å². The van der Waals surface area contributed by atoms with Gasteiger partial charge < -0.3 is 0 Å². The van der Waals surface area contributed by atoms with Crippen molar-refractivity contribution in [3.8, 4) is 0 Å². The Morgan fingerprint density at radius 2 is 0.967 bits per heavy atom. The fraction of sp³-hybridized carbons (Fsp3) is 0.0526.